The van der Waals surface area contributed by atoms with Gasteiger partial charge in [-0.25, -0.2) is 0 Å². The first kappa shape index (κ1) is 14.4. The lowest BCUT2D eigenvalue weighted by Gasteiger charge is -2.36. The van der Waals surface area contributed by atoms with Crippen molar-refractivity contribution in [3.8, 4) is 0 Å². The summed E-state index contributed by atoms with van der Waals surface area (Å²) < 4.78 is 0. The molecule has 19 heavy (non-hydrogen) atoms. The molecule has 2 N–H and O–H groups in total. The molecule has 0 spiro atoms. The topological polar surface area (TPSA) is 32.5 Å². The van der Waals surface area contributed by atoms with Crippen LogP contribution in [0, 0.1) is 0 Å². The predicted molar refractivity (Wildman–Crippen MR) is 82.6 cm³/mol. The molecule has 0 amide bonds. The van der Waals surface area contributed by atoms with Crippen molar-refractivity contribution in [3.05, 3.63) is 29.8 Å². The van der Waals surface area contributed by atoms with Gasteiger partial charge in [0.2, 0.25) is 0 Å². The Balaban J connectivity index is 1.96. The normalized spacial score (nSPS) is 18.9. The zero-order chi connectivity index (χ0) is 13.8. The number of nitrogens with zero attached hydrogens (tertiary/aromatic N) is 2. The minimum absolute atomic E-state index is 0.175. The van der Waals surface area contributed by atoms with Gasteiger partial charge >= 0.3 is 0 Å². The quantitative estimate of drug-likeness (QED) is 0.904. The van der Waals surface area contributed by atoms with Crippen molar-refractivity contribution in [2.75, 3.05) is 32.1 Å². The Kier molecular flexibility index (Phi) is 4.83. The fourth-order valence-electron chi connectivity index (χ4n) is 2.81. The van der Waals surface area contributed by atoms with Crippen molar-refractivity contribution < 1.29 is 0 Å². The first-order valence-corrected chi connectivity index (χ1v) is 7.38. The lowest BCUT2D eigenvalue weighted by atomic mass is 10.0. The zero-order valence-corrected chi connectivity index (χ0v) is 12.5. The first-order chi connectivity index (χ1) is 9.11. The van der Waals surface area contributed by atoms with Crippen LogP contribution < -0.4 is 10.6 Å². The lowest BCUT2D eigenvalue weighted by Crippen LogP contribution is -2.41. The smallest absolute Gasteiger partial charge is 0.0366 e. The number of piperidine rings is 1. The van der Waals surface area contributed by atoms with Gasteiger partial charge in [-0.2, -0.15) is 0 Å². The molecule has 2 rings (SSSR count). The maximum Gasteiger partial charge on any atom is 0.0366 e. The number of nitrogens with two attached hydrogens (primary N) is 1. The minimum Gasteiger partial charge on any atom is -0.371 e. The molecule has 1 unspecified atom stereocenters. The van der Waals surface area contributed by atoms with Crippen LogP contribution in [0.1, 0.15) is 37.8 Å². The highest BCUT2D eigenvalue weighted by Crippen LogP contribution is 2.23. The standard InChI is InChI=1S/C16H27N3/c1-4-16(17)13-5-7-15(8-6-13)19-11-9-14(10-12-19)18(2)3/h5-8,14,16H,4,9-12,17H2,1-3H3. The second-order valence-corrected chi connectivity index (χ2v) is 5.79. The van der Waals surface area contributed by atoms with Crippen molar-refractivity contribution in [2.45, 2.75) is 38.3 Å². The van der Waals surface area contributed by atoms with Crippen LogP contribution in [0.5, 0.6) is 0 Å². The molecular weight excluding hydrogens is 234 g/mol. The van der Waals surface area contributed by atoms with E-state index in [1.165, 1.54) is 24.1 Å². The largest absolute Gasteiger partial charge is 0.371 e. The Morgan fingerprint density at radius 2 is 1.79 bits per heavy atom. The molecule has 1 heterocycles. The summed E-state index contributed by atoms with van der Waals surface area (Å²) in [6.45, 7) is 4.44. The average Bonchev–Trinajstić information content (AvgIpc) is 2.46. The van der Waals surface area contributed by atoms with E-state index in [4.69, 9.17) is 5.73 Å². The van der Waals surface area contributed by atoms with Gasteiger partial charge in [0.1, 0.15) is 0 Å². The Morgan fingerprint density at radius 1 is 1.21 bits per heavy atom. The predicted octanol–water partition coefficient (Wildman–Crippen LogP) is 2.63. The molecule has 1 aromatic rings. The number of anilines is 1. The van der Waals surface area contributed by atoms with E-state index >= 15 is 0 Å². The summed E-state index contributed by atoms with van der Waals surface area (Å²) in [7, 11) is 4.36. The molecular formula is C16H27N3. The summed E-state index contributed by atoms with van der Waals surface area (Å²) >= 11 is 0. The van der Waals surface area contributed by atoms with Crippen LogP contribution in [0.4, 0.5) is 5.69 Å². The monoisotopic (exact) mass is 261 g/mol. The maximum atomic E-state index is 6.06. The SMILES string of the molecule is CCC(N)c1ccc(N2CCC(N(C)C)CC2)cc1. The van der Waals surface area contributed by atoms with E-state index in [0.717, 1.165) is 25.6 Å². The number of hydrogen-bond donors (Lipinski definition) is 1. The molecule has 0 bridgehead atoms. The van der Waals surface area contributed by atoms with Crippen LogP contribution in [0.2, 0.25) is 0 Å². The highest BCUT2D eigenvalue weighted by atomic mass is 15.2. The number of rotatable bonds is 4. The van der Waals surface area contributed by atoms with Gasteiger partial charge in [-0.1, -0.05) is 19.1 Å². The fraction of sp³-hybridized carbons (Fsp3) is 0.625. The third-order valence-electron chi connectivity index (χ3n) is 4.32. The number of benzene rings is 1. The second-order valence-electron chi connectivity index (χ2n) is 5.79. The van der Waals surface area contributed by atoms with Crippen molar-refractivity contribution in [1.82, 2.24) is 4.90 Å². The van der Waals surface area contributed by atoms with Gasteiger partial charge < -0.3 is 15.5 Å². The molecule has 0 aromatic heterocycles. The van der Waals surface area contributed by atoms with Crippen LogP contribution in [0.15, 0.2) is 24.3 Å². The summed E-state index contributed by atoms with van der Waals surface area (Å²) in [6.07, 6.45) is 3.50. The third-order valence-corrected chi connectivity index (χ3v) is 4.32. The Labute approximate surface area is 117 Å². The molecule has 1 saturated heterocycles. The molecule has 1 atom stereocenters. The molecule has 3 heteroatoms. The van der Waals surface area contributed by atoms with Crippen molar-refractivity contribution in [3.63, 3.8) is 0 Å². The van der Waals surface area contributed by atoms with E-state index in [0.29, 0.717) is 0 Å². The van der Waals surface area contributed by atoms with Gasteiger partial charge in [0.05, 0.1) is 0 Å². The van der Waals surface area contributed by atoms with E-state index in [1.54, 1.807) is 0 Å². The highest BCUT2D eigenvalue weighted by Gasteiger charge is 2.20. The zero-order valence-electron chi connectivity index (χ0n) is 12.5. The van der Waals surface area contributed by atoms with Crippen LogP contribution in [-0.4, -0.2) is 38.1 Å². The Hall–Kier alpha value is -1.06. The third kappa shape index (κ3) is 3.48. The summed E-state index contributed by atoms with van der Waals surface area (Å²) in [5.41, 5.74) is 8.64. The average molecular weight is 261 g/mol. The lowest BCUT2D eigenvalue weighted by molar-refractivity contribution is 0.249. The molecule has 0 aliphatic carbocycles. The van der Waals surface area contributed by atoms with Crippen molar-refractivity contribution >= 4 is 5.69 Å². The Bertz CT molecular complexity index is 377. The van der Waals surface area contributed by atoms with E-state index in [1.807, 2.05) is 0 Å². The van der Waals surface area contributed by atoms with Gasteiger partial charge in [-0.15, -0.1) is 0 Å². The minimum atomic E-state index is 0.175. The number of hydrogen-bond acceptors (Lipinski definition) is 3. The summed E-state index contributed by atoms with van der Waals surface area (Å²) in [6, 6.07) is 9.72. The molecule has 3 nitrogen and oxygen atoms in total. The van der Waals surface area contributed by atoms with Gasteiger partial charge in [0.25, 0.3) is 0 Å². The van der Waals surface area contributed by atoms with E-state index in [-0.39, 0.29) is 6.04 Å². The molecule has 0 saturated carbocycles. The van der Waals surface area contributed by atoms with Gasteiger partial charge in [0.15, 0.2) is 0 Å². The molecule has 1 fully saturated rings. The van der Waals surface area contributed by atoms with E-state index < -0.39 is 0 Å². The summed E-state index contributed by atoms with van der Waals surface area (Å²) in [5.74, 6) is 0. The molecule has 1 aromatic carbocycles. The molecule has 106 valence electrons. The fourth-order valence-corrected chi connectivity index (χ4v) is 2.81. The van der Waals surface area contributed by atoms with Crippen molar-refractivity contribution in [1.29, 1.82) is 0 Å². The highest BCUT2D eigenvalue weighted by molar-refractivity contribution is 5.48. The van der Waals surface area contributed by atoms with Crippen LogP contribution in [0.3, 0.4) is 0 Å². The molecule has 1 aliphatic rings. The van der Waals surface area contributed by atoms with Crippen LogP contribution >= 0.6 is 0 Å². The van der Waals surface area contributed by atoms with Crippen LogP contribution in [-0.2, 0) is 0 Å². The first-order valence-electron chi connectivity index (χ1n) is 7.38. The summed E-state index contributed by atoms with van der Waals surface area (Å²) in [5, 5.41) is 0. The van der Waals surface area contributed by atoms with Gasteiger partial charge in [0, 0.05) is 30.9 Å². The van der Waals surface area contributed by atoms with Gasteiger partial charge in [-0.05, 0) is 51.1 Å². The van der Waals surface area contributed by atoms with E-state index in [2.05, 4.69) is 55.1 Å². The maximum absolute atomic E-state index is 6.06. The molecule has 1 aliphatic heterocycles. The summed E-state index contributed by atoms with van der Waals surface area (Å²) in [4.78, 5) is 4.84. The van der Waals surface area contributed by atoms with Crippen molar-refractivity contribution in [2.24, 2.45) is 5.73 Å². The van der Waals surface area contributed by atoms with Crippen LogP contribution in [0.25, 0.3) is 0 Å². The van der Waals surface area contributed by atoms with Gasteiger partial charge in [-0.3, -0.25) is 0 Å². The second kappa shape index (κ2) is 6.40. The Morgan fingerprint density at radius 3 is 2.26 bits per heavy atom. The van der Waals surface area contributed by atoms with E-state index in [9.17, 15) is 0 Å². The molecule has 0 radical (unpaired) electrons.